The van der Waals surface area contributed by atoms with Crippen LogP contribution >= 0.6 is 12.4 Å². The van der Waals surface area contributed by atoms with Crippen molar-refractivity contribution in [1.29, 1.82) is 0 Å². The summed E-state index contributed by atoms with van der Waals surface area (Å²) < 4.78 is 5.79. The number of oxazole rings is 1. The molecule has 0 radical (unpaired) electrons. The molecule has 2 heterocycles. The van der Waals surface area contributed by atoms with Gasteiger partial charge in [-0.1, -0.05) is 25.0 Å². The Balaban J connectivity index is 0.00000182. The molecule has 1 saturated carbocycles. The van der Waals surface area contributed by atoms with Gasteiger partial charge >= 0.3 is 0 Å². The van der Waals surface area contributed by atoms with Gasteiger partial charge in [-0.25, -0.2) is 4.98 Å². The number of hydrogen-bond acceptors (Lipinski definition) is 4. The van der Waals surface area contributed by atoms with E-state index >= 15 is 0 Å². The molecule has 4 rings (SSSR count). The van der Waals surface area contributed by atoms with E-state index in [1.165, 1.54) is 12.8 Å². The van der Waals surface area contributed by atoms with E-state index in [4.69, 9.17) is 4.42 Å². The fraction of sp³-hybridized carbons (Fsp3) is 0.579. The molecule has 25 heavy (non-hydrogen) atoms. The predicted molar refractivity (Wildman–Crippen MR) is 100.0 cm³/mol. The van der Waals surface area contributed by atoms with Gasteiger partial charge in [0.05, 0.1) is 5.41 Å². The largest absolute Gasteiger partial charge is 0.441 e. The molecular weight excluding hydrogens is 338 g/mol. The first-order chi connectivity index (χ1) is 11.7. The van der Waals surface area contributed by atoms with Crippen LogP contribution < -0.4 is 10.6 Å². The molecule has 2 aliphatic rings. The average molecular weight is 364 g/mol. The van der Waals surface area contributed by atoms with E-state index < -0.39 is 0 Å². The third kappa shape index (κ3) is 3.27. The number of para-hydroxylation sites is 1. The minimum atomic E-state index is -0.184. The van der Waals surface area contributed by atoms with Crippen LogP contribution in [0.15, 0.2) is 22.6 Å². The molecule has 136 valence electrons. The van der Waals surface area contributed by atoms with Crippen molar-refractivity contribution in [2.24, 2.45) is 11.3 Å². The summed E-state index contributed by atoms with van der Waals surface area (Å²) in [6.07, 6.45) is 5.23. The second-order valence-corrected chi connectivity index (χ2v) is 7.26. The zero-order valence-electron chi connectivity index (χ0n) is 14.6. The second kappa shape index (κ2) is 7.34. The van der Waals surface area contributed by atoms with Crippen molar-refractivity contribution in [2.75, 3.05) is 19.6 Å². The summed E-state index contributed by atoms with van der Waals surface area (Å²) in [4.78, 5) is 17.4. The van der Waals surface area contributed by atoms with E-state index in [0.29, 0.717) is 24.8 Å². The Bertz CT molecular complexity index is 760. The number of hydrogen-bond donors (Lipinski definition) is 2. The maximum atomic E-state index is 12.8. The van der Waals surface area contributed by atoms with Gasteiger partial charge < -0.3 is 15.1 Å². The summed E-state index contributed by atoms with van der Waals surface area (Å²) >= 11 is 0. The Morgan fingerprint density at radius 1 is 1.44 bits per heavy atom. The Morgan fingerprint density at radius 2 is 2.32 bits per heavy atom. The molecule has 0 spiro atoms. The summed E-state index contributed by atoms with van der Waals surface area (Å²) in [7, 11) is 0. The molecule has 1 aliphatic heterocycles. The molecule has 6 heteroatoms. The van der Waals surface area contributed by atoms with Crippen molar-refractivity contribution in [1.82, 2.24) is 15.6 Å². The lowest BCUT2D eigenvalue weighted by Gasteiger charge is -2.37. The van der Waals surface area contributed by atoms with Crippen molar-refractivity contribution in [2.45, 2.75) is 39.0 Å². The SMILES string of the molecule is Cc1cccc2oc(CCNC(=O)[C@@]34CCCC[C@H]3CNC4)nc12.Cl. The molecule has 2 aromatic rings. The van der Waals surface area contributed by atoms with Crippen LogP contribution in [0.2, 0.25) is 0 Å². The Morgan fingerprint density at radius 3 is 3.16 bits per heavy atom. The van der Waals surface area contributed by atoms with Gasteiger partial charge in [-0.2, -0.15) is 0 Å². The van der Waals surface area contributed by atoms with E-state index in [0.717, 1.165) is 42.6 Å². The van der Waals surface area contributed by atoms with Gasteiger partial charge in [-0.05, 0) is 43.9 Å². The second-order valence-electron chi connectivity index (χ2n) is 7.26. The van der Waals surface area contributed by atoms with Crippen LogP contribution in [0.5, 0.6) is 0 Å². The number of fused-ring (bicyclic) bond motifs is 2. The molecule has 2 fully saturated rings. The topological polar surface area (TPSA) is 67.2 Å². The number of carbonyl (C=O) groups excluding carboxylic acids is 1. The van der Waals surface area contributed by atoms with Gasteiger partial charge in [-0.3, -0.25) is 4.79 Å². The molecular formula is C19H26ClN3O2. The first kappa shape index (κ1) is 18.2. The Hall–Kier alpha value is -1.59. The number of carbonyl (C=O) groups is 1. The number of amides is 1. The lowest BCUT2D eigenvalue weighted by molar-refractivity contribution is -0.133. The molecule has 0 bridgehead atoms. The predicted octanol–water partition coefficient (Wildman–Crippen LogP) is 3.00. The van der Waals surface area contributed by atoms with Gasteiger partial charge in [0.25, 0.3) is 0 Å². The molecule has 5 nitrogen and oxygen atoms in total. The number of halogens is 1. The van der Waals surface area contributed by atoms with Crippen LogP contribution in [-0.4, -0.2) is 30.5 Å². The van der Waals surface area contributed by atoms with Crippen molar-refractivity contribution in [3.05, 3.63) is 29.7 Å². The molecule has 2 N–H and O–H groups in total. The number of aryl methyl sites for hydroxylation is 1. The van der Waals surface area contributed by atoms with E-state index in [9.17, 15) is 4.79 Å². The number of rotatable bonds is 4. The molecule has 1 aliphatic carbocycles. The lowest BCUT2D eigenvalue weighted by Crippen LogP contribution is -2.48. The first-order valence-electron chi connectivity index (χ1n) is 9.03. The lowest BCUT2D eigenvalue weighted by atomic mass is 9.67. The van der Waals surface area contributed by atoms with E-state index in [2.05, 4.69) is 15.6 Å². The summed E-state index contributed by atoms with van der Waals surface area (Å²) in [5.41, 5.74) is 2.68. The fourth-order valence-corrected chi connectivity index (χ4v) is 4.39. The van der Waals surface area contributed by atoms with Crippen molar-refractivity contribution >= 4 is 29.4 Å². The van der Waals surface area contributed by atoms with Crippen molar-refractivity contribution in [3.63, 3.8) is 0 Å². The summed E-state index contributed by atoms with van der Waals surface area (Å²) in [6.45, 7) is 4.43. The number of nitrogens with zero attached hydrogens (tertiary/aromatic N) is 1. The van der Waals surface area contributed by atoms with Gasteiger partial charge in [0.2, 0.25) is 5.91 Å². The van der Waals surface area contributed by atoms with Crippen LogP contribution in [-0.2, 0) is 11.2 Å². The van der Waals surface area contributed by atoms with Crippen LogP contribution in [0, 0.1) is 18.3 Å². The van der Waals surface area contributed by atoms with E-state index in [-0.39, 0.29) is 23.7 Å². The highest BCUT2D eigenvalue weighted by molar-refractivity contribution is 5.85. The van der Waals surface area contributed by atoms with Gasteiger partial charge in [0.1, 0.15) is 5.52 Å². The number of benzene rings is 1. The van der Waals surface area contributed by atoms with Crippen LogP contribution in [0.25, 0.3) is 11.1 Å². The third-order valence-corrected chi connectivity index (χ3v) is 5.78. The van der Waals surface area contributed by atoms with E-state index in [1.807, 2.05) is 25.1 Å². The normalized spacial score (nSPS) is 25.4. The van der Waals surface area contributed by atoms with E-state index in [1.54, 1.807) is 0 Å². The van der Waals surface area contributed by atoms with Crippen LogP contribution in [0.1, 0.15) is 37.1 Å². The smallest absolute Gasteiger partial charge is 0.227 e. The average Bonchev–Trinajstić information content (AvgIpc) is 3.19. The molecule has 1 aromatic heterocycles. The van der Waals surface area contributed by atoms with Gasteiger partial charge in [0, 0.05) is 19.5 Å². The highest BCUT2D eigenvalue weighted by Gasteiger charge is 2.49. The quantitative estimate of drug-likeness (QED) is 0.876. The molecule has 1 aromatic carbocycles. The maximum absolute atomic E-state index is 12.8. The van der Waals surface area contributed by atoms with Gasteiger partial charge in [0.15, 0.2) is 11.5 Å². The molecule has 1 saturated heterocycles. The first-order valence-corrected chi connectivity index (χ1v) is 9.03. The zero-order chi connectivity index (χ0) is 16.6. The Labute approximate surface area is 154 Å². The maximum Gasteiger partial charge on any atom is 0.227 e. The standard InChI is InChI=1S/C19H25N3O2.ClH/c1-13-5-4-7-15-17(13)22-16(24-15)8-10-21-18(23)19-9-3-2-6-14(19)11-20-12-19;/h4-5,7,14,20H,2-3,6,8-12H2,1H3,(H,21,23);1H/t14-,19+;/m0./s1. The highest BCUT2D eigenvalue weighted by Crippen LogP contribution is 2.43. The zero-order valence-corrected chi connectivity index (χ0v) is 15.5. The molecule has 2 atom stereocenters. The minimum Gasteiger partial charge on any atom is -0.441 e. The van der Waals surface area contributed by atoms with Crippen LogP contribution in [0.4, 0.5) is 0 Å². The summed E-state index contributed by atoms with van der Waals surface area (Å²) in [5, 5.41) is 6.57. The third-order valence-electron chi connectivity index (χ3n) is 5.78. The highest BCUT2D eigenvalue weighted by atomic mass is 35.5. The van der Waals surface area contributed by atoms with Crippen LogP contribution in [0.3, 0.4) is 0 Å². The number of nitrogens with one attached hydrogen (secondary N) is 2. The number of aromatic nitrogens is 1. The van der Waals surface area contributed by atoms with Gasteiger partial charge in [-0.15, -0.1) is 12.4 Å². The molecule has 0 unspecified atom stereocenters. The summed E-state index contributed by atoms with van der Waals surface area (Å²) in [6, 6.07) is 5.95. The fourth-order valence-electron chi connectivity index (χ4n) is 4.39. The molecule has 1 amide bonds. The Kier molecular flexibility index (Phi) is 5.35. The summed E-state index contributed by atoms with van der Waals surface area (Å²) in [5.74, 6) is 1.41. The van der Waals surface area contributed by atoms with Crippen molar-refractivity contribution < 1.29 is 9.21 Å². The van der Waals surface area contributed by atoms with Crippen molar-refractivity contribution in [3.8, 4) is 0 Å². The minimum absolute atomic E-state index is 0. The monoisotopic (exact) mass is 363 g/mol.